The summed E-state index contributed by atoms with van der Waals surface area (Å²) in [6.45, 7) is 0.462. The van der Waals surface area contributed by atoms with E-state index in [4.69, 9.17) is 16.3 Å². The normalized spacial score (nSPS) is 21.3. The number of fused-ring (bicyclic) bond motifs is 1. The summed E-state index contributed by atoms with van der Waals surface area (Å²) in [7, 11) is -1.95. The Bertz CT molecular complexity index is 1050. The van der Waals surface area contributed by atoms with Crippen molar-refractivity contribution in [2.24, 2.45) is 7.05 Å². The highest BCUT2D eigenvalue weighted by atomic mass is 35.5. The van der Waals surface area contributed by atoms with Gasteiger partial charge in [-0.1, -0.05) is 17.7 Å². The van der Waals surface area contributed by atoms with E-state index in [1.807, 2.05) is 11.6 Å². The third-order valence-electron chi connectivity index (χ3n) is 4.49. The Labute approximate surface area is 155 Å². The van der Waals surface area contributed by atoms with Crippen LogP contribution in [0, 0.1) is 0 Å². The quantitative estimate of drug-likeness (QED) is 0.728. The zero-order chi connectivity index (χ0) is 18.3. The number of sulfonamides is 1. The second-order valence-corrected chi connectivity index (χ2v) is 8.26. The Hall–Kier alpha value is -1.94. The molecule has 1 aliphatic rings. The lowest BCUT2D eigenvalue weighted by atomic mass is 10.0. The fraction of sp³-hybridized carbons (Fsp3) is 0.375. The van der Waals surface area contributed by atoms with Crippen molar-refractivity contribution in [2.75, 3.05) is 6.61 Å². The van der Waals surface area contributed by atoms with Crippen LogP contribution in [0.1, 0.15) is 24.6 Å². The van der Waals surface area contributed by atoms with E-state index in [9.17, 15) is 8.42 Å². The SMILES string of the molecule is Cn1cncc1C1CC(NS(=O)(=O)c2c(Cl)nc3ccccn23)CCO1. The predicted molar refractivity (Wildman–Crippen MR) is 95.4 cm³/mol. The molecule has 26 heavy (non-hydrogen) atoms. The molecule has 0 radical (unpaired) electrons. The zero-order valence-electron chi connectivity index (χ0n) is 14.0. The van der Waals surface area contributed by atoms with Crippen molar-refractivity contribution in [3.05, 3.63) is 47.8 Å². The molecule has 0 saturated carbocycles. The van der Waals surface area contributed by atoms with E-state index in [-0.39, 0.29) is 22.3 Å². The van der Waals surface area contributed by atoms with Crippen LogP contribution >= 0.6 is 11.6 Å². The number of aryl methyl sites for hydroxylation is 1. The monoisotopic (exact) mass is 395 g/mol. The van der Waals surface area contributed by atoms with E-state index in [0.717, 1.165) is 5.69 Å². The Kier molecular flexibility index (Phi) is 4.47. The van der Waals surface area contributed by atoms with Crippen LogP contribution in [0.3, 0.4) is 0 Å². The third kappa shape index (κ3) is 3.11. The average molecular weight is 396 g/mol. The van der Waals surface area contributed by atoms with Crippen LogP contribution in [0.4, 0.5) is 0 Å². The minimum atomic E-state index is -3.84. The van der Waals surface area contributed by atoms with E-state index in [1.165, 1.54) is 4.40 Å². The highest BCUT2D eigenvalue weighted by molar-refractivity contribution is 7.89. The maximum atomic E-state index is 12.9. The van der Waals surface area contributed by atoms with Crippen molar-refractivity contribution in [2.45, 2.75) is 30.0 Å². The summed E-state index contributed by atoms with van der Waals surface area (Å²) in [6.07, 6.45) is 5.97. The number of ether oxygens (including phenoxy) is 1. The topological polar surface area (TPSA) is 90.5 Å². The van der Waals surface area contributed by atoms with Crippen molar-refractivity contribution in [1.82, 2.24) is 23.7 Å². The number of hydrogen-bond acceptors (Lipinski definition) is 5. The van der Waals surface area contributed by atoms with Gasteiger partial charge in [-0.15, -0.1) is 0 Å². The first-order valence-electron chi connectivity index (χ1n) is 8.18. The first-order valence-corrected chi connectivity index (χ1v) is 10.0. The maximum Gasteiger partial charge on any atom is 0.260 e. The second kappa shape index (κ2) is 6.66. The number of pyridine rings is 1. The molecule has 4 rings (SSSR count). The molecule has 2 unspecified atom stereocenters. The summed E-state index contributed by atoms with van der Waals surface area (Å²) in [5.41, 5.74) is 1.40. The zero-order valence-corrected chi connectivity index (χ0v) is 15.6. The van der Waals surface area contributed by atoms with Crippen molar-refractivity contribution >= 4 is 27.3 Å². The molecule has 138 valence electrons. The van der Waals surface area contributed by atoms with Gasteiger partial charge in [-0.3, -0.25) is 4.40 Å². The average Bonchev–Trinajstić information content (AvgIpc) is 3.17. The molecular formula is C16H18ClN5O3S. The molecule has 0 spiro atoms. The maximum absolute atomic E-state index is 12.9. The van der Waals surface area contributed by atoms with Gasteiger partial charge in [-0.25, -0.2) is 23.1 Å². The molecule has 10 heteroatoms. The van der Waals surface area contributed by atoms with Gasteiger partial charge in [0.15, 0.2) is 10.2 Å². The Morgan fingerprint density at radius 2 is 2.23 bits per heavy atom. The number of nitrogens with zero attached hydrogens (tertiary/aromatic N) is 4. The first-order chi connectivity index (χ1) is 12.5. The summed E-state index contributed by atoms with van der Waals surface area (Å²) in [4.78, 5) is 8.21. The Morgan fingerprint density at radius 1 is 1.38 bits per heavy atom. The number of nitrogens with one attached hydrogen (secondary N) is 1. The molecule has 0 amide bonds. The third-order valence-corrected chi connectivity index (χ3v) is 6.41. The summed E-state index contributed by atoms with van der Waals surface area (Å²) in [5, 5.41) is -0.0858. The highest BCUT2D eigenvalue weighted by Gasteiger charge is 2.32. The minimum Gasteiger partial charge on any atom is -0.372 e. The lowest BCUT2D eigenvalue weighted by Gasteiger charge is -2.30. The van der Waals surface area contributed by atoms with E-state index >= 15 is 0 Å². The molecule has 1 saturated heterocycles. The molecule has 1 aliphatic heterocycles. The second-order valence-electron chi connectivity index (χ2n) is 6.27. The van der Waals surface area contributed by atoms with Gasteiger partial charge in [-0.2, -0.15) is 0 Å². The number of halogens is 1. The van der Waals surface area contributed by atoms with Crippen LogP contribution in [0.25, 0.3) is 5.65 Å². The molecular weight excluding hydrogens is 378 g/mol. The Balaban J connectivity index is 1.59. The minimum absolute atomic E-state index is 0.0426. The van der Waals surface area contributed by atoms with Crippen LogP contribution in [0.15, 0.2) is 41.9 Å². The fourth-order valence-corrected chi connectivity index (χ4v) is 5.18. The van der Waals surface area contributed by atoms with Gasteiger partial charge in [0, 0.05) is 25.9 Å². The molecule has 2 atom stereocenters. The summed E-state index contributed by atoms with van der Waals surface area (Å²) in [6, 6.07) is 4.95. The van der Waals surface area contributed by atoms with Crippen molar-refractivity contribution in [3.8, 4) is 0 Å². The fourth-order valence-electron chi connectivity index (χ4n) is 3.25. The largest absolute Gasteiger partial charge is 0.372 e. The molecule has 3 aromatic heterocycles. The molecule has 4 heterocycles. The standard InChI is InChI=1S/C16H18ClN5O3S/c1-21-10-18-9-12(21)13-8-11(5-7-25-13)20-26(23,24)16-15(17)19-14-4-2-3-6-22(14)16/h2-4,6,9-11,13,20H,5,7-8H2,1H3. The molecule has 0 bridgehead atoms. The molecule has 1 fully saturated rings. The first kappa shape index (κ1) is 17.5. The predicted octanol–water partition coefficient (Wildman–Crippen LogP) is 1.92. The smallest absolute Gasteiger partial charge is 0.260 e. The van der Waals surface area contributed by atoms with E-state index in [2.05, 4.69) is 14.7 Å². The van der Waals surface area contributed by atoms with E-state index < -0.39 is 10.0 Å². The number of rotatable bonds is 4. The number of hydrogen-bond donors (Lipinski definition) is 1. The molecule has 3 aromatic rings. The van der Waals surface area contributed by atoms with Crippen molar-refractivity contribution in [1.29, 1.82) is 0 Å². The Morgan fingerprint density at radius 3 is 3.00 bits per heavy atom. The van der Waals surface area contributed by atoms with Crippen LogP contribution < -0.4 is 4.72 Å². The van der Waals surface area contributed by atoms with Crippen LogP contribution in [-0.4, -0.2) is 40.0 Å². The lowest BCUT2D eigenvalue weighted by molar-refractivity contribution is -0.0000550. The molecule has 0 aliphatic carbocycles. The summed E-state index contributed by atoms with van der Waals surface area (Å²) in [5.74, 6) is 0. The van der Waals surface area contributed by atoms with Gasteiger partial charge in [0.25, 0.3) is 10.0 Å². The van der Waals surface area contributed by atoms with Gasteiger partial charge in [0.05, 0.1) is 18.2 Å². The van der Waals surface area contributed by atoms with Gasteiger partial charge >= 0.3 is 0 Å². The summed E-state index contributed by atoms with van der Waals surface area (Å²) >= 11 is 6.11. The molecule has 1 N–H and O–H groups in total. The highest BCUT2D eigenvalue weighted by Crippen LogP contribution is 2.29. The number of imidazole rings is 2. The van der Waals surface area contributed by atoms with Crippen molar-refractivity contribution in [3.63, 3.8) is 0 Å². The summed E-state index contributed by atoms with van der Waals surface area (Å²) < 4.78 is 37.8. The van der Waals surface area contributed by atoms with Crippen molar-refractivity contribution < 1.29 is 13.2 Å². The van der Waals surface area contributed by atoms with E-state index in [1.54, 1.807) is 36.9 Å². The van der Waals surface area contributed by atoms with Gasteiger partial charge in [0.2, 0.25) is 0 Å². The van der Waals surface area contributed by atoms with Gasteiger partial charge in [0.1, 0.15) is 11.8 Å². The van der Waals surface area contributed by atoms with Crippen LogP contribution in [0.2, 0.25) is 5.15 Å². The lowest BCUT2D eigenvalue weighted by Crippen LogP contribution is -2.40. The van der Waals surface area contributed by atoms with Gasteiger partial charge < -0.3 is 9.30 Å². The van der Waals surface area contributed by atoms with Crippen LogP contribution in [-0.2, 0) is 21.8 Å². The van der Waals surface area contributed by atoms with Crippen LogP contribution in [0.5, 0.6) is 0 Å². The van der Waals surface area contributed by atoms with Gasteiger partial charge in [-0.05, 0) is 25.0 Å². The molecule has 8 nitrogen and oxygen atoms in total. The number of aromatic nitrogens is 4. The molecule has 0 aromatic carbocycles. The van der Waals surface area contributed by atoms with E-state index in [0.29, 0.717) is 25.1 Å².